The SMILES string of the molecule is c1ccc(-c2ccc(-c3ccc4ccccc4c3)cc2N(c2ccc(-c3ccc4c(c3)oc3ccccc34)cc2)c2cccc3oc4c5ccccc5ccc4c23)cc1. The number of fused-ring (bicyclic) bond motifs is 9. The summed E-state index contributed by atoms with van der Waals surface area (Å²) in [6.45, 7) is 0. The standard InChI is InChI=1S/C56H35NO2/c1-2-12-38(13-3-1)45-30-26-42(41-22-21-36-11-4-5-15-40(36)33-41)34-51(45)57(50-18-10-20-53-55(50)49-32-25-39-14-6-7-16-46(39)56(49)59-53)44-28-23-37(24-29-44)43-27-31-48-47-17-8-9-19-52(47)58-54(48)35-43/h1-35H. The van der Waals surface area contributed by atoms with Crippen molar-refractivity contribution >= 4 is 82.5 Å². The van der Waals surface area contributed by atoms with Crippen molar-refractivity contribution in [3.63, 3.8) is 0 Å². The van der Waals surface area contributed by atoms with Crippen LogP contribution in [-0.2, 0) is 0 Å². The number of hydrogen-bond acceptors (Lipinski definition) is 3. The Morgan fingerprint density at radius 3 is 1.81 bits per heavy atom. The van der Waals surface area contributed by atoms with Crippen LogP contribution >= 0.6 is 0 Å². The van der Waals surface area contributed by atoms with Crippen molar-refractivity contribution in [3.8, 4) is 33.4 Å². The number of nitrogens with zero attached hydrogens (tertiary/aromatic N) is 1. The lowest BCUT2D eigenvalue weighted by Gasteiger charge is -2.29. The molecule has 276 valence electrons. The van der Waals surface area contributed by atoms with Crippen LogP contribution in [0.25, 0.3) is 98.8 Å². The van der Waals surface area contributed by atoms with E-state index in [9.17, 15) is 0 Å². The van der Waals surface area contributed by atoms with Crippen molar-refractivity contribution in [2.75, 3.05) is 4.90 Å². The zero-order chi connectivity index (χ0) is 38.9. The Morgan fingerprint density at radius 2 is 0.932 bits per heavy atom. The molecule has 0 N–H and O–H groups in total. The smallest absolute Gasteiger partial charge is 0.143 e. The van der Waals surface area contributed by atoms with Crippen LogP contribution in [0.2, 0.25) is 0 Å². The Balaban J connectivity index is 1.09. The Kier molecular flexibility index (Phi) is 7.54. The summed E-state index contributed by atoms with van der Waals surface area (Å²) in [4.78, 5) is 2.42. The van der Waals surface area contributed by atoms with Crippen LogP contribution in [0.5, 0.6) is 0 Å². The van der Waals surface area contributed by atoms with Gasteiger partial charge in [-0.1, -0.05) is 152 Å². The second kappa shape index (κ2) is 13.4. The van der Waals surface area contributed by atoms with Gasteiger partial charge in [-0.2, -0.15) is 0 Å². The van der Waals surface area contributed by atoms with Crippen LogP contribution < -0.4 is 4.90 Å². The van der Waals surface area contributed by atoms with E-state index in [2.05, 4.69) is 205 Å². The third kappa shape index (κ3) is 5.51. The second-order valence-electron chi connectivity index (χ2n) is 15.3. The summed E-state index contributed by atoms with van der Waals surface area (Å²) in [7, 11) is 0. The molecule has 3 heteroatoms. The van der Waals surface area contributed by atoms with E-state index >= 15 is 0 Å². The quantitative estimate of drug-likeness (QED) is 0.169. The molecule has 0 spiro atoms. The molecule has 3 nitrogen and oxygen atoms in total. The van der Waals surface area contributed by atoms with Crippen molar-refractivity contribution < 1.29 is 8.83 Å². The van der Waals surface area contributed by atoms with E-state index < -0.39 is 0 Å². The molecule has 59 heavy (non-hydrogen) atoms. The molecule has 0 radical (unpaired) electrons. The number of rotatable bonds is 6. The van der Waals surface area contributed by atoms with Gasteiger partial charge in [-0.25, -0.2) is 0 Å². The van der Waals surface area contributed by atoms with Gasteiger partial charge in [-0.15, -0.1) is 0 Å². The van der Waals surface area contributed by atoms with Crippen molar-refractivity contribution in [1.82, 2.24) is 0 Å². The highest BCUT2D eigenvalue weighted by Gasteiger charge is 2.24. The van der Waals surface area contributed by atoms with Gasteiger partial charge in [0.25, 0.3) is 0 Å². The van der Waals surface area contributed by atoms with Crippen molar-refractivity contribution in [2.24, 2.45) is 0 Å². The number of para-hydroxylation sites is 1. The van der Waals surface area contributed by atoms with E-state index in [4.69, 9.17) is 8.83 Å². The van der Waals surface area contributed by atoms with Gasteiger partial charge in [0.15, 0.2) is 0 Å². The molecule has 0 saturated carbocycles. The lowest BCUT2D eigenvalue weighted by atomic mass is 9.95. The van der Waals surface area contributed by atoms with Gasteiger partial charge in [0, 0.05) is 32.8 Å². The van der Waals surface area contributed by atoms with Crippen LogP contribution in [-0.4, -0.2) is 0 Å². The van der Waals surface area contributed by atoms with Gasteiger partial charge in [-0.3, -0.25) is 0 Å². The minimum absolute atomic E-state index is 0.849. The lowest BCUT2D eigenvalue weighted by Crippen LogP contribution is -2.12. The summed E-state index contributed by atoms with van der Waals surface area (Å²) < 4.78 is 13.1. The summed E-state index contributed by atoms with van der Waals surface area (Å²) in [6, 6.07) is 75.9. The van der Waals surface area contributed by atoms with Crippen LogP contribution in [0.1, 0.15) is 0 Å². The van der Waals surface area contributed by atoms with Crippen molar-refractivity contribution in [3.05, 3.63) is 212 Å². The number of benzene rings is 10. The first-order valence-electron chi connectivity index (χ1n) is 20.1. The molecule has 0 amide bonds. The second-order valence-corrected chi connectivity index (χ2v) is 15.3. The molecule has 0 aliphatic rings. The molecule has 12 rings (SSSR count). The van der Waals surface area contributed by atoms with Crippen molar-refractivity contribution in [1.29, 1.82) is 0 Å². The zero-order valence-electron chi connectivity index (χ0n) is 32.0. The normalized spacial score (nSPS) is 11.7. The highest BCUT2D eigenvalue weighted by Crippen LogP contribution is 2.48. The lowest BCUT2D eigenvalue weighted by molar-refractivity contribution is 0.669. The fourth-order valence-corrected chi connectivity index (χ4v) is 8.96. The average Bonchev–Trinajstić information content (AvgIpc) is 3.88. The first-order valence-corrected chi connectivity index (χ1v) is 20.1. The number of anilines is 3. The summed E-state index contributed by atoms with van der Waals surface area (Å²) in [5.41, 5.74) is 13.5. The summed E-state index contributed by atoms with van der Waals surface area (Å²) in [5, 5.41) is 9.12. The predicted molar refractivity (Wildman–Crippen MR) is 247 cm³/mol. The first kappa shape index (κ1) is 33.3. The van der Waals surface area contributed by atoms with E-state index in [1.807, 2.05) is 12.1 Å². The van der Waals surface area contributed by atoms with Gasteiger partial charge in [0.05, 0.1) is 16.8 Å². The zero-order valence-corrected chi connectivity index (χ0v) is 32.0. The molecule has 2 aromatic heterocycles. The number of furan rings is 2. The Hall–Kier alpha value is -7.88. The summed E-state index contributed by atoms with van der Waals surface area (Å²) >= 11 is 0. The maximum absolute atomic E-state index is 6.78. The molecular formula is C56H35NO2. The topological polar surface area (TPSA) is 29.5 Å². The molecule has 0 unspecified atom stereocenters. The fourth-order valence-electron chi connectivity index (χ4n) is 8.96. The molecular weight excluding hydrogens is 719 g/mol. The predicted octanol–water partition coefficient (Wildman–Crippen LogP) is 16.3. The highest BCUT2D eigenvalue weighted by atomic mass is 16.3. The van der Waals surface area contributed by atoms with E-state index in [0.717, 1.165) is 99.5 Å². The summed E-state index contributed by atoms with van der Waals surface area (Å²) in [6.07, 6.45) is 0. The van der Waals surface area contributed by atoms with Gasteiger partial charge >= 0.3 is 0 Å². The van der Waals surface area contributed by atoms with Crippen LogP contribution in [0.3, 0.4) is 0 Å². The molecule has 0 saturated heterocycles. The molecule has 2 heterocycles. The molecule has 0 aliphatic carbocycles. The largest absolute Gasteiger partial charge is 0.456 e. The van der Waals surface area contributed by atoms with Crippen LogP contribution in [0.4, 0.5) is 17.1 Å². The molecule has 0 atom stereocenters. The third-order valence-electron chi connectivity index (χ3n) is 11.8. The minimum atomic E-state index is 0.849. The Labute approximate surface area is 340 Å². The van der Waals surface area contributed by atoms with Crippen LogP contribution in [0.15, 0.2) is 221 Å². The van der Waals surface area contributed by atoms with Gasteiger partial charge in [0.2, 0.25) is 0 Å². The first-order chi connectivity index (χ1) is 29.2. The molecule has 0 bridgehead atoms. The Bertz CT molecular complexity index is 3560. The molecule has 0 fully saturated rings. The van der Waals surface area contributed by atoms with E-state index in [0.29, 0.717) is 0 Å². The molecule has 0 aliphatic heterocycles. The molecule has 10 aromatic carbocycles. The van der Waals surface area contributed by atoms with Gasteiger partial charge < -0.3 is 13.7 Å². The van der Waals surface area contributed by atoms with Gasteiger partial charge in [-0.05, 0) is 105 Å². The monoisotopic (exact) mass is 753 g/mol. The highest BCUT2D eigenvalue weighted by molar-refractivity contribution is 6.20. The van der Waals surface area contributed by atoms with Crippen molar-refractivity contribution in [2.45, 2.75) is 0 Å². The average molecular weight is 754 g/mol. The van der Waals surface area contributed by atoms with E-state index in [-0.39, 0.29) is 0 Å². The van der Waals surface area contributed by atoms with E-state index in [1.54, 1.807) is 0 Å². The Morgan fingerprint density at radius 1 is 0.305 bits per heavy atom. The van der Waals surface area contributed by atoms with E-state index in [1.165, 1.54) is 16.3 Å². The maximum Gasteiger partial charge on any atom is 0.143 e. The summed E-state index contributed by atoms with van der Waals surface area (Å²) in [5.74, 6) is 0. The molecule has 12 aromatic rings. The maximum atomic E-state index is 6.78. The van der Waals surface area contributed by atoms with Gasteiger partial charge in [0.1, 0.15) is 22.3 Å². The minimum Gasteiger partial charge on any atom is -0.456 e. The number of hydrogen-bond donors (Lipinski definition) is 0. The third-order valence-corrected chi connectivity index (χ3v) is 11.8. The van der Waals surface area contributed by atoms with Crippen LogP contribution in [0, 0.1) is 0 Å². The fraction of sp³-hybridized carbons (Fsp3) is 0.